The number of hydrogen-bond acceptors (Lipinski definition) is 6. The number of aromatic nitrogens is 1. The van der Waals surface area contributed by atoms with Gasteiger partial charge in [-0.15, -0.1) is 0 Å². The summed E-state index contributed by atoms with van der Waals surface area (Å²) in [7, 11) is 0. The van der Waals surface area contributed by atoms with Crippen molar-refractivity contribution in [3.05, 3.63) is 65.0 Å². The molecule has 2 aromatic rings. The zero-order valence-electron chi connectivity index (χ0n) is 13.9. The van der Waals surface area contributed by atoms with Gasteiger partial charge in [-0.25, -0.2) is 0 Å². The second-order valence-electron chi connectivity index (χ2n) is 6.21. The third-order valence-electron chi connectivity index (χ3n) is 4.12. The van der Waals surface area contributed by atoms with Crippen LogP contribution in [0.25, 0.3) is 0 Å². The summed E-state index contributed by atoms with van der Waals surface area (Å²) in [5.41, 5.74) is 7.86. The number of nitrogens with two attached hydrogens (primary N) is 1. The van der Waals surface area contributed by atoms with Gasteiger partial charge >= 0.3 is 0 Å². The highest BCUT2D eigenvalue weighted by Crippen LogP contribution is 2.29. The van der Waals surface area contributed by atoms with Gasteiger partial charge in [-0.05, 0) is 30.2 Å². The van der Waals surface area contributed by atoms with E-state index in [2.05, 4.69) is 9.98 Å². The van der Waals surface area contributed by atoms with Crippen LogP contribution in [0, 0.1) is 11.3 Å². The van der Waals surface area contributed by atoms with Gasteiger partial charge in [0.15, 0.2) is 5.78 Å². The third kappa shape index (κ3) is 3.73. The predicted octanol–water partition coefficient (Wildman–Crippen LogP) is 1.98. The lowest BCUT2D eigenvalue weighted by molar-refractivity contribution is 0.0987. The fraction of sp³-hybridized carbons (Fsp3) is 0.263. The van der Waals surface area contributed by atoms with Crippen molar-refractivity contribution in [2.24, 2.45) is 10.7 Å². The minimum Gasteiger partial charge on any atom is -0.386 e. The molecule has 1 aromatic heterocycles. The number of pyridine rings is 1. The molecule has 1 unspecified atom stereocenters. The summed E-state index contributed by atoms with van der Waals surface area (Å²) in [4.78, 5) is 21.0. The molecule has 1 aromatic carbocycles. The maximum atomic E-state index is 12.4. The number of carbonyl (C=O) groups is 1. The fourth-order valence-corrected chi connectivity index (χ4v) is 2.80. The van der Waals surface area contributed by atoms with Crippen molar-refractivity contribution < 1.29 is 9.53 Å². The summed E-state index contributed by atoms with van der Waals surface area (Å²) in [5.74, 6) is 0.367. The predicted molar refractivity (Wildman–Crippen MR) is 93.2 cm³/mol. The number of nitrogens with zero attached hydrogens (tertiary/aromatic N) is 3. The summed E-state index contributed by atoms with van der Waals surface area (Å²) in [5, 5.41) is 8.79. The molecule has 0 spiro atoms. The summed E-state index contributed by atoms with van der Waals surface area (Å²) in [6, 6.07) is 12.9. The molecule has 2 heterocycles. The largest absolute Gasteiger partial charge is 0.386 e. The first-order valence-electron chi connectivity index (χ1n) is 7.91. The maximum Gasteiger partial charge on any atom is 0.185 e. The number of Topliss-reactive ketones (excluding diaryl/α,β-unsaturated/α-hetero) is 1. The zero-order valence-corrected chi connectivity index (χ0v) is 13.9. The van der Waals surface area contributed by atoms with Crippen molar-refractivity contribution in [2.75, 3.05) is 13.2 Å². The third-order valence-corrected chi connectivity index (χ3v) is 4.12. The second kappa shape index (κ2) is 6.83. The van der Waals surface area contributed by atoms with Gasteiger partial charge in [-0.1, -0.05) is 24.3 Å². The summed E-state index contributed by atoms with van der Waals surface area (Å²) in [6.45, 7) is 2.75. The van der Waals surface area contributed by atoms with Crippen LogP contribution in [-0.4, -0.2) is 29.8 Å². The second-order valence-corrected chi connectivity index (χ2v) is 6.21. The maximum absolute atomic E-state index is 12.4. The van der Waals surface area contributed by atoms with Crippen LogP contribution < -0.4 is 5.73 Å². The minimum atomic E-state index is -0.548. The van der Waals surface area contributed by atoms with Crippen molar-refractivity contribution in [2.45, 2.75) is 18.9 Å². The molecule has 6 nitrogen and oxygen atoms in total. The van der Waals surface area contributed by atoms with E-state index in [1.165, 1.54) is 6.20 Å². The van der Waals surface area contributed by atoms with Crippen molar-refractivity contribution in [1.29, 1.82) is 5.26 Å². The van der Waals surface area contributed by atoms with E-state index >= 15 is 0 Å². The molecule has 0 amide bonds. The van der Waals surface area contributed by atoms with Gasteiger partial charge in [0.2, 0.25) is 0 Å². The van der Waals surface area contributed by atoms with Crippen LogP contribution in [0.5, 0.6) is 0 Å². The van der Waals surface area contributed by atoms with Crippen LogP contribution >= 0.6 is 0 Å². The smallest absolute Gasteiger partial charge is 0.185 e. The lowest BCUT2D eigenvalue weighted by Crippen LogP contribution is -2.37. The van der Waals surface area contributed by atoms with Crippen LogP contribution in [0.1, 0.15) is 34.1 Å². The van der Waals surface area contributed by atoms with Gasteiger partial charge < -0.3 is 10.5 Å². The van der Waals surface area contributed by atoms with E-state index < -0.39 is 5.54 Å². The Morgan fingerprint density at radius 1 is 1.40 bits per heavy atom. The molecule has 1 atom stereocenters. The number of carbonyl (C=O) groups excluding carboxylic acids is 1. The normalized spacial score (nSPS) is 19.8. The van der Waals surface area contributed by atoms with E-state index in [0.29, 0.717) is 30.3 Å². The van der Waals surface area contributed by atoms with E-state index in [0.717, 1.165) is 11.1 Å². The molecule has 2 N–H and O–H groups in total. The van der Waals surface area contributed by atoms with E-state index in [4.69, 9.17) is 15.7 Å². The molecule has 3 rings (SSSR count). The van der Waals surface area contributed by atoms with Crippen molar-refractivity contribution in [3.63, 3.8) is 0 Å². The molecule has 6 heteroatoms. The van der Waals surface area contributed by atoms with Gasteiger partial charge in [0, 0.05) is 12.6 Å². The summed E-state index contributed by atoms with van der Waals surface area (Å²) in [6.07, 6.45) is 1.63. The van der Waals surface area contributed by atoms with Crippen molar-refractivity contribution in [3.8, 4) is 6.07 Å². The number of aliphatic imine (C=N–C) groups is 1. The topological polar surface area (TPSA) is 101 Å². The zero-order chi connectivity index (χ0) is 17.9. The van der Waals surface area contributed by atoms with Gasteiger partial charge in [-0.2, -0.15) is 5.26 Å². The minimum absolute atomic E-state index is 0.102. The van der Waals surface area contributed by atoms with Gasteiger partial charge in [0.25, 0.3) is 0 Å². The monoisotopic (exact) mass is 334 g/mol. The SMILES string of the molecule is CC1(c2cccc(CC(=O)c3ccc(C#N)cn3)c2)COCC(N)=N1. The van der Waals surface area contributed by atoms with Gasteiger partial charge in [-0.3, -0.25) is 14.8 Å². The highest BCUT2D eigenvalue weighted by molar-refractivity contribution is 5.95. The number of hydrogen-bond donors (Lipinski definition) is 1. The fourth-order valence-electron chi connectivity index (χ4n) is 2.80. The van der Waals surface area contributed by atoms with E-state index in [1.54, 1.807) is 12.1 Å². The Morgan fingerprint density at radius 3 is 2.92 bits per heavy atom. The number of rotatable bonds is 4. The molecular weight excluding hydrogens is 316 g/mol. The van der Waals surface area contributed by atoms with Crippen LogP contribution in [0.3, 0.4) is 0 Å². The molecule has 0 bridgehead atoms. The molecule has 126 valence electrons. The first-order valence-corrected chi connectivity index (χ1v) is 7.91. The average Bonchev–Trinajstić information content (AvgIpc) is 2.62. The van der Waals surface area contributed by atoms with Crippen molar-refractivity contribution >= 4 is 11.6 Å². The molecule has 1 aliphatic rings. The van der Waals surface area contributed by atoms with Gasteiger partial charge in [0.05, 0.1) is 12.2 Å². The molecule has 0 fully saturated rings. The molecule has 0 aliphatic carbocycles. The highest BCUT2D eigenvalue weighted by atomic mass is 16.5. The van der Waals surface area contributed by atoms with Crippen LogP contribution in [0.2, 0.25) is 0 Å². The summed E-state index contributed by atoms with van der Waals surface area (Å²) < 4.78 is 5.50. The lowest BCUT2D eigenvalue weighted by Gasteiger charge is -2.30. The van der Waals surface area contributed by atoms with E-state index in [9.17, 15) is 4.79 Å². The Morgan fingerprint density at radius 2 is 2.24 bits per heavy atom. The summed E-state index contributed by atoms with van der Waals surface area (Å²) >= 11 is 0. The Labute approximate surface area is 146 Å². The number of nitriles is 1. The van der Waals surface area contributed by atoms with Crippen LogP contribution in [-0.2, 0) is 16.7 Å². The average molecular weight is 334 g/mol. The number of amidine groups is 1. The molecule has 0 saturated heterocycles. The number of benzene rings is 1. The number of ketones is 1. The Bertz CT molecular complexity index is 868. The van der Waals surface area contributed by atoms with Crippen LogP contribution in [0.15, 0.2) is 47.6 Å². The van der Waals surface area contributed by atoms with E-state index in [1.807, 2.05) is 37.3 Å². The molecule has 1 aliphatic heterocycles. The molecule has 25 heavy (non-hydrogen) atoms. The molecular formula is C19H18N4O2. The Balaban J connectivity index is 1.81. The Hall–Kier alpha value is -3.04. The number of ether oxygens (including phenoxy) is 1. The standard InChI is InChI=1S/C19H18N4O2/c1-19(12-25-11-18(21)23-19)15-4-2-3-13(7-15)8-17(24)16-6-5-14(9-20)10-22-16/h2-7,10H,8,11-12H2,1H3,(H2,21,23). The first kappa shape index (κ1) is 16.8. The lowest BCUT2D eigenvalue weighted by atomic mass is 9.90. The Kier molecular flexibility index (Phi) is 4.59. The van der Waals surface area contributed by atoms with Gasteiger partial charge in [0.1, 0.15) is 29.7 Å². The van der Waals surface area contributed by atoms with Crippen molar-refractivity contribution in [1.82, 2.24) is 4.98 Å². The first-order chi connectivity index (χ1) is 12.0. The molecule has 0 saturated carbocycles. The highest BCUT2D eigenvalue weighted by Gasteiger charge is 2.30. The molecule has 0 radical (unpaired) electrons. The quantitative estimate of drug-likeness (QED) is 0.862. The van der Waals surface area contributed by atoms with E-state index in [-0.39, 0.29) is 12.2 Å². The van der Waals surface area contributed by atoms with Crippen LogP contribution in [0.4, 0.5) is 0 Å².